The Morgan fingerprint density at radius 3 is 2.62 bits per heavy atom. The van der Waals surface area contributed by atoms with E-state index in [1.54, 1.807) is 13.4 Å². The molecule has 4 aromatic rings. The molecule has 0 saturated carbocycles. The Balaban J connectivity index is 1.52. The van der Waals surface area contributed by atoms with Crippen LogP contribution in [0.3, 0.4) is 0 Å². The van der Waals surface area contributed by atoms with Crippen molar-refractivity contribution in [2.24, 2.45) is 0 Å². The SMILES string of the molecule is COc1ccc(CN2C(=S)NC(c3ccccn3)C2c2cccn2Cc2ccco2)cc1. The maximum atomic E-state index is 5.81. The summed E-state index contributed by atoms with van der Waals surface area (Å²) in [7, 11) is 1.68. The second kappa shape index (κ2) is 8.88. The normalized spacial score (nSPS) is 18.0. The van der Waals surface area contributed by atoms with Gasteiger partial charge in [-0.05, 0) is 66.3 Å². The number of rotatable bonds is 7. The van der Waals surface area contributed by atoms with E-state index in [0.717, 1.165) is 28.5 Å². The zero-order valence-electron chi connectivity index (χ0n) is 17.7. The van der Waals surface area contributed by atoms with Crippen molar-refractivity contribution in [3.8, 4) is 5.75 Å². The summed E-state index contributed by atoms with van der Waals surface area (Å²) in [5.74, 6) is 1.75. The molecule has 32 heavy (non-hydrogen) atoms. The van der Waals surface area contributed by atoms with Gasteiger partial charge in [0.1, 0.15) is 11.5 Å². The molecule has 0 amide bonds. The quantitative estimate of drug-likeness (QED) is 0.417. The van der Waals surface area contributed by atoms with Crippen LogP contribution in [0.15, 0.2) is 89.8 Å². The summed E-state index contributed by atoms with van der Waals surface area (Å²) in [6.45, 7) is 1.33. The molecule has 4 heterocycles. The summed E-state index contributed by atoms with van der Waals surface area (Å²) >= 11 is 5.81. The van der Waals surface area contributed by atoms with E-state index >= 15 is 0 Å². The molecule has 162 valence electrons. The number of ether oxygens (including phenoxy) is 1. The maximum Gasteiger partial charge on any atom is 0.170 e. The van der Waals surface area contributed by atoms with E-state index in [2.05, 4.69) is 50.2 Å². The number of furan rings is 1. The number of hydrogen-bond donors (Lipinski definition) is 1. The van der Waals surface area contributed by atoms with Crippen LogP contribution in [0.4, 0.5) is 0 Å². The number of benzene rings is 1. The minimum absolute atomic E-state index is 0.0236. The summed E-state index contributed by atoms with van der Waals surface area (Å²) in [6, 6.07) is 22.1. The van der Waals surface area contributed by atoms with Crippen molar-refractivity contribution >= 4 is 17.3 Å². The van der Waals surface area contributed by atoms with Crippen molar-refractivity contribution in [1.29, 1.82) is 0 Å². The molecule has 2 atom stereocenters. The van der Waals surface area contributed by atoms with Gasteiger partial charge in [-0.25, -0.2) is 0 Å². The predicted octanol–water partition coefficient (Wildman–Crippen LogP) is 4.71. The number of hydrogen-bond acceptors (Lipinski definition) is 4. The summed E-state index contributed by atoms with van der Waals surface area (Å²) < 4.78 is 13.1. The first-order valence-electron chi connectivity index (χ1n) is 10.5. The van der Waals surface area contributed by atoms with Gasteiger partial charge < -0.3 is 23.9 Å². The number of methoxy groups -OCH3 is 1. The molecular formula is C25H24N4O2S. The van der Waals surface area contributed by atoms with Crippen LogP contribution in [0.25, 0.3) is 0 Å². The minimum atomic E-state index is -0.0628. The molecule has 3 aromatic heterocycles. The zero-order valence-corrected chi connectivity index (χ0v) is 18.5. The van der Waals surface area contributed by atoms with Gasteiger partial charge in [-0.1, -0.05) is 18.2 Å². The number of aromatic nitrogens is 2. The van der Waals surface area contributed by atoms with Crippen molar-refractivity contribution in [3.63, 3.8) is 0 Å². The van der Waals surface area contributed by atoms with E-state index in [0.29, 0.717) is 18.2 Å². The van der Waals surface area contributed by atoms with E-state index in [4.69, 9.17) is 21.4 Å². The highest BCUT2D eigenvalue weighted by molar-refractivity contribution is 7.80. The summed E-state index contributed by atoms with van der Waals surface area (Å²) in [5, 5.41) is 4.24. The lowest BCUT2D eigenvalue weighted by Gasteiger charge is -2.29. The average Bonchev–Trinajstić information content (AvgIpc) is 3.57. The fourth-order valence-corrected chi connectivity index (χ4v) is 4.54. The van der Waals surface area contributed by atoms with Crippen molar-refractivity contribution in [2.75, 3.05) is 7.11 Å². The van der Waals surface area contributed by atoms with E-state index in [1.807, 2.05) is 48.7 Å². The highest BCUT2D eigenvalue weighted by atomic mass is 32.1. The monoisotopic (exact) mass is 444 g/mol. The van der Waals surface area contributed by atoms with Crippen LogP contribution in [0, 0.1) is 0 Å². The lowest BCUT2D eigenvalue weighted by atomic mass is 10.0. The van der Waals surface area contributed by atoms with Gasteiger partial charge in [0.05, 0.1) is 37.7 Å². The predicted molar refractivity (Wildman–Crippen MR) is 126 cm³/mol. The second-order valence-electron chi connectivity index (χ2n) is 7.74. The van der Waals surface area contributed by atoms with E-state index in [9.17, 15) is 0 Å². The second-order valence-corrected chi connectivity index (χ2v) is 8.13. The highest BCUT2D eigenvalue weighted by Crippen LogP contribution is 2.39. The van der Waals surface area contributed by atoms with Crippen molar-refractivity contribution in [2.45, 2.75) is 25.2 Å². The third kappa shape index (κ3) is 3.99. The minimum Gasteiger partial charge on any atom is -0.497 e. The molecule has 0 aliphatic carbocycles. The molecule has 1 aliphatic heterocycles. The van der Waals surface area contributed by atoms with Gasteiger partial charge in [-0.15, -0.1) is 0 Å². The Labute approximate surface area is 192 Å². The van der Waals surface area contributed by atoms with Crippen LogP contribution >= 0.6 is 12.2 Å². The fourth-order valence-electron chi connectivity index (χ4n) is 4.24. The molecule has 7 heteroatoms. The Hall–Kier alpha value is -3.58. The largest absolute Gasteiger partial charge is 0.497 e. The number of thiocarbonyl (C=S) groups is 1. The lowest BCUT2D eigenvalue weighted by Crippen LogP contribution is -2.30. The molecule has 6 nitrogen and oxygen atoms in total. The Morgan fingerprint density at radius 1 is 1.03 bits per heavy atom. The van der Waals surface area contributed by atoms with E-state index < -0.39 is 0 Å². The van der Waals surface area contributed by atoms with Crippen molar-refractivity contribution in [3.05, 3.63) is 108 Å². The van der Waals surface area contributed by atoms with Gasteiger partial charge in [-0.3, -0.25) is 4.98 Å². The zero-order chi connectivity index (χ0) is 21.9. The third-order valence-corrected chi connectivity index (χ3v) is 6.14. The van der Waals surface area contributed by atoms with Gasteiger partial charge in [0.25, 0.3) is 0 Å². The number of nitrogens with one attached hydrogen (secondary N) is 1. The molecule has 2 unspecified atom stereocenters. The van der Waals surface area contributed by atoms with Gasteiger partial charge in [0.15, 0.2) is 5.11 Å². The molecule has 5 rings (SSSR count). The van der Waals surface area contributed by atoms with Gasteiger partial charge in [-0.2, -0.15) is 0 Å². The van der Waals surface area contributed by atoms with Gasteiger partial charge >= 0.3 is 0 Å². The summed E-state index contributed by atoms with van der Waals surface area (Å²) in [4.78, 5) is 6.87. The number of nitrogens with zero attached hydrogens (tertiary/aromatic N) is 3. The third-order valence-electron chi connectivity index (χ3n) is 5.78. The first-order valence-corrected chi connectivity index (χ1v) is 10.9. The van der Waals surface area contributed by atoms with Crippen LogP contribution in [0.1, 0.15) is 34.8 Å². The molecule has 1 fully saturated rings. The maximum absolute atomic E-state index is 5.81. The Kier molecular flexibility index (Phi) is 5.64. The van der Waals surface area contributed by atoms with Crippen molar-refractivity contribution in [1.82, 2.24) is 19.8 Å². The molecule has 1 N–H and O–H groups in total. The summed E-state index contributed by atoms with van der Waals surface area (Å²) in [6.07, 6.45) is 5.61. The molecule has 0 bridgehead atoms. The fraction of sp³-hybridized carbons (Fsp3) is 0.200. The lowest BCUT2D eigenvalue weighted by molar-refractivity contribution is 0.296. The Bertz CT molecular complexity index is 1170. The molecule has 1 aliphatic rings. The van der Waals surface area contributed by atoms with Crippen LogP contribution in [-0.2, 0) is 13.1 Å². The highest BCUT2D eigenvalue weighted by Gasteiger charge is 2.41. The molecular weight excluding hydrogens is 420 g/mol. The first kappa shape index (κ1) is 20.3. The van der Waals surface area contributed by atoms with Crippen LogP contribution in [0.2, 0.25) is 0 Å². The topological polar surface area (TPSA) is 55.5 Å². The average molecular weight is 445 g/mol. The smallest absolute Gasteiger partial charge is 0.170 e. The van der Waals surface area contributed by atoms with Gasteiger partial charge in [0.2, 0.25) is 0 Å². The molecule has 1 aromatic carbocycles. The molecule has 0 radical (unpaired) electrons. The van der Waals surface area contributed by atoms with Crippen molar-refractivity contribution < 1.29 is 9.15 Å². The van der Waals surface area contributed by atoms with E-state index in [1.165, 1.54) is 0 Å². The van der Waals surface area contributed by atoms with Crippen LogP contribution < -0.4 is 10.1 Å². The van der Waals surface area contributed by atoms with E-state index in [-0.39, 0.29) is 12.1 Å². The molecule has 0 spiro atoms. The Morgan fingerprint density at radius 2 is 1.91 bits per heavy atom. The number of pyridine rings is 1. The molecule has 1 saturated heterocycles. The first-order chi connectivity index (χ1) is 15.7. The van der Waals surface area contributed by atoms with Crippen LogP contribution in [-0.4, -0.2) is 26.7 Å². The van der Waals surface area contributed by atoms with Gasteiger partial charge in [0, 0.05) is 24.6 Å². The summed E-state index contributed by atoms with van der Waals surface area (Å²) in [5.41, 5.74) is 3.27. The van der Waals surface area contributed by atoms with Crippen LogP contribution in [0.5, 0.6) is 5.75 Å². The standard InChI is InChI=1S/C25H24N4O2S/c1-30-19-11-9-18(10-12-19)16-29-24(23(27-25(29)32)21-7-2-3-13-26-21)22-8-4-14-28(22)17-20-6-5-15-31-20/h2-15,23-24H,16-17H2,1H3,(H,27,32).